The summed E-state index contributed by atoms with van der Waals surface area (Å²) in [6.45, 7) is 2.03. The Labute approximate surface area is 111 Å². The molecule has 1 aromatic heterocycles. The Balaban J connectivity index is 2.09. The van der Waals surface area contributed by atoms with E-state index >= 15 is 0 Å². The van der Waals surface area contributed by atoms with Crippen molar-refractivity contribution in [2.75, 3.05) is 0 Å². The van der Waals surface area contributed by atoms with Gasteiger partial charge in [-0.1, -0.05) is 35.9 Å². The van der Waals surface area contributed by atoms with Crippen molar-refractivity contribution in [1.82, 2.24) is 0 Å². The molecule has 0 radical (unpaired) electrons. The number of hydrogen-bond acceptors (Lipinski definition) is 2. The van der Waals surface area contributed by atoms with Crippen LogP contribution in [0.5, 0.6) is 0 Å². The van der Waals surface area contributed by atoms with Crippen LogP contribution in [0.2, 0.25) is 0 Å². The molecule has 0 bridgehead atoms. The first kappa shape index (κ1) is 12.8. The molecule has 18 heavy (non-hydrogen) atoms. The Morgan fingerprint density at radius 1 is 1.28 bits per heavy atom. The SMILES string of the molecule is Cc1cccc(CC(Cc2cccs2)C(=O)O)c1. The fourth-order valence-corrected chi connectivity index (χ4v) is 2.83. The Hall–Kier alpha value is -1.61. The van der Waals surface area contributed by atoms with E-state index in [1.807, 2.05) is 42.6 Å². The van der Waals surface area contributed by atoms with Gasteiger partial charge in [0.2, 0.25) is 0 Å². The first-order valence-corrected chi connectivity index (χ1v) is 6.84. The van der Waals surface area contributed by atoms with Gasteiger partial charge in [0.05, 0.1) is 5.92 Å². The Morgan fingerprint density at radius 3 is 2.72 bits per heavy atom. The summed E-state index contributed by atoms with van der Waals surface area (Å²) in [5.41, 5.74) is 2.27. The van der Waals surface area contributed by atoms with Crippen molar-refractivity contribution in [3.05, 3.63) is 57.8 Å². The van der Waals surface area contributed by atoms with Crippen molar-refractivity contribution in [2.24, 2.45) is 5.92 Å². The molecule has 0 saturated carbocycles. The second-order valence-corrected chi connectivity index (χ2v) is 5.54. The van der Waals surface area contributed by atoms with Crippen LogP contribution in [0.15, 0.2) is 41.8 Å². The molecule has 0 spiro atoms. The number of thiophene rings is 1. The normalized spacial score (nSPS) is 12.3. The van der Waals surface area contributed by atoms with Gasteiger partial charge in [0.1, 0.15) is 0 Å². The van der Waals surface area contributed by atoms with Crippen molar-refractivity contribution in [2.45, 2.75) is 19.8 Å². The number of carboxylic acids is 1. The Kier molecular flexibility index (Phi) is 4.15. The highest BCUT2D eigenvalue weighted by molar-refractivity contribution is 7.09. The van der Waals surface area contributed by atoms with Crippen molar-refractivity contribution >= 4 is 17.3 Å². The van der Waals surface area contributed by atoms with E-state index in [2.05, 4.69) is 6.07 Å². The Morgan fingerprint density at radius 2 is 2.11 bits per heavy atom. The van der Waals surface area contributed by atoms with Gasteiger partial charge in [-0.3, -0.25) is 4.79 Å². The maximum Gasteiger partial charge on any atom is 0.307 e. The third-order valence-electron chi connectivity index (χ3n) is 2.94. The minimum Gasteiger partial charge on any atom is -0.481 e. The fourth-order valence-electron chi connectivity index (χ4n) is 2.04. The first-order valence-electron chi connectivity index (χ1n) is 5.96. The summed E-state index contributed by atoms with van der Waals surface area (Å²) in [4.78, 5) is 12.5. The summed E-state index contributed by atoms with van der Waals surface area (Å²) < 4.78 is 0. The second kappa shape index (κ2) is 5.83. The molecule has 3 heteroatoms. The van der Waals surface area contributed by atoms with Gasteiger partial charge in [0.15, 0.2) is 0 Å². The van der Waals surface area contributed by atoms with E-state index in [9.17, 15) is 9.90 Å². The van der Waals surface area contributed by atoms with E-state index in [4.69, 9.17) is 0 Å². The van der Waals surface area contributed by atoms with Crippen LogP contribution >= 0.6 is 11.3 Å². The van der Waals surface area contributed by atoms with Gasteiger partial charge in [-0.25, -0.2) is 0 Å². The van der Waals surface area contributed by atoms with E-state index in [1.54, 1.807) is 11.3 Å². The largest absolute Gasteiger partial charge is 0.481 e. The van der Waals surface area contributed by atoms with Crippen LogP contribution in [0.1, 0.15) is 16.0 Å². The molecule has 0 fully saturated rings. The fraction of sp³-hybridized carbons (Fsp3) is 0.267. The highest BCUT2D eigenvalue weighted by atomic mass is 32.1. The molecule has 1 heterocycles. The topological polar surface area (TPSA) is 37.3 Å². The molecule has 1 aromatic carbocycles. The zero-order valence-electron chi connectivity index (χ0n) is 10.3. The highest BCUT2D eigenvalue weighted by Gasteiger charge is 2.19. The van der Waals surface area contributed by atoms with Crippen molar-refractivity contribution in [3.63, 3.8) is 0 Å². The number of carbonyl (C=O) groups is 1. The predicted molar refractivity (Wildman–Crippen MR) is 74.0 cm³/mol. The van der Waals surface area contributed by atoms with Crippen LogP contribution in [-0.4, -0.2) is 11.1 Å². The molecule has 1 N–H and O–H groups in total. The van der Waals surface area contributed by atoms with Gasteiger partial charge < -0.3 is 5.11 Å². The monoisotopic (exact) mass is 260 g/mol. The highest BCUT2D eigenvalue weighted by Crippen LogP contribution is 2.19. The maximum atomic E-state index is 11.3. The predicted octanol–water partition coefficient (Wildman–Crippen LogP) is 3.54. The van der Waals surface area contributed by atoms with Gasteiger partial charge in [0.25, 0.3) is 0 Å². The van der Waals surface area contributed by atoms with Crippen LogP contribution in [0.25, 0.3) is 0 Å². The van der Waals surface area contributed by atoms with Crippen molar-refractivity contribution in [1.29, 1.82) is 0 Å². The number of aliphatic carboxylic acids is 1. The molecule has 2 rings (SSSR count). The molecule has 0 aliphatic carbocycles. The summed E-state index contributed by atoms with van der Waals surface area (Å²) in [6, 6.07) is 12.0. The van der Waals surface area contributed by atoms with Gasteiger partial charge in [-0.05, 0) is 36.8 Å². The van der Waals surface area contributed by atoms with Gasteiger partial charge in [-0.15, -0.1) is 11.3 Å². The van der Waals surface area contributed by atoms with E-state index in [1.165, 1.54) is 5.56 Å². The van der Waals surface area contributed by atoms with Crippen LogP contribution < -0.4 is 0 Å². The van der Waals surface area contributed by atoms with Gasteiger partial charge in [-0.2, -0.15) is 0 Å². The summed E-state index contributed by atoms with van der Waals surface area (Å²) >= 11 is 1.62. The number of carboxylic acid groups (broad SMARTS) is 1. The van der Waals surface area contributed by atoms with E-state index < -0.39 is 5.97 Å². The summed E-state index contributed by atoms with van der Waals surface area (Å²) in [5, 5.41) is 11.3. The molecular weight excluding hydrogens is 244 g/mol. The lowest BCUT2D eigenvalue weighted by Gasteiger charge is -2.11. The summed E-state index contributed by atoms with van der Waals surface area (Å²) in [6.07, 6.45) is 1.20. The third kappa shape index (κ3) is 3.44. The molecule has 0 saturated heterocycles. The van der Waals surface area contributed by atoms with E-state index in [0.29, 0.717) is 12.8 Å². The van der Waals surface area contributed by atoms with E-state index in [-0.39, 0.29) is 5.92 Å². The number of hydrogen-bond donors (Lipinski definition) is 1. The number of benzene rings is 1. The molecule has 1 unspecified atom stereocenters. The molecular formula is C15H16O2S. The standard InChI is InChI=1S/C15H16O2S/c1-11-4-2-5-12(8-11)9-13(15(16)17)10-14-6-3-7-18-14/h2-8,13H,9-10H2,1H3,(H,16,17). The number of aryl methyl sites for hydroxylation is 1. The Bertz CT molecular complexity index is 517. The lowest BCUT2D eigenvalue weighted by Crippen LogP contribution is -2.18. The molecule has 0 aliphatic heterocycles. The first-order chi connectivity index (χ1) is 8.65. The minimum absolute atomic E-state index is 0.342. The van der Waals surface area contributed by atoms with Gasteiger partial charge in [0, 0.05) is 4.88 Å². The van der Waals surface area contributed by atoms with Crippen molar-refractivity contribution < 1.29 is 9.90 Å². The average molecular weight is 260 g/mol. The van der Waals surface area contributed by atoms with Crippen LogP contribution in [0, 0.1) is 12.8 Å². The average Bonchev–Trinajstić information content (AvgIpc) is 2.81. The van der Waals surface area contributed by atoms with Crippen LogP contribution in [0.4, 0.5) is 0 Å². The molecule has 2 aromatic rings. The smallest absolute Gasteiger partial charge is 0.307 e. The van der Waals surface area contributed by atoms with E-state index in [0.717, 1.165) is 10.4 Å². The van der Waals surface area contributed by atoms with Crippen LogP contribution in [0.3, 0.4) is 0 Å². The zero-order chi connectivity index (χ0) is 13.0. The van der Waals surface area contributed by atoms with Gasteiger partial charge >= 0.3 is 5.97 Å². The molecule has 2 nitrogen and oxygen atoms in total. The molecule has 0 amide bonds. The van der Waals surface area contributed by atoms with Crippen molar-refractivity contribution in [3.8, 4) is 0 Å². The maximum absolute atomic E-state index is 11.3. The molecule has 1 atom stereocenters. The number of rotatable bonds is 5. The summed E-state index contributed by atoms with van der Waals surface area (Å²) in [7, 11) is 0. The van der Waals surface area contributed by atoms with Crippen LogP contribution in [-0.2, 0) is 17.6 Å². The lowest BCUT2D eigenvalue weighted by molar-refractivity contribution is -0.141. The lowest BCUT2D eigenvalue weighted by atomic mass is 9.95. The zero-order valence-corrected chi connectivity index (χ0v) is 11.1. The minimum atomic E-state index is -0.718. The summed E-state index contributed by atoms with van der Waals surface area (Å²) in [5.74, 6) is -1.06. The third-order valence-corrected chi connectivity index (χ3v) is 3.84. The molecule has 0 aliphatic rings. The molecule has 94 valence electrons. The quantitative estimate of drug-likeness (QED) is 0.892. The second-order valence-electron chi connectivity index (χ2n) is 4.51.